The summed E-state index contributed by atoms with van der Waals surface area (Å²) in [5.41, 5.74) is 0. The van der Waals surface area contributed by atoms with Gasteiger partial charge in [0.25, 0.3) is 5.91 Å². The molecule has 0 bridgehead atoms. The number of carbonyl (C=O) groups is 1. The van der Waals surface area contributed by atoms with E-state index in [1.165, 1.54) is 0 Å². The Morgan fingerprint density at radius 3 is 2.47 bits per heavy atom. The molecule has 2 rings (SSSR count). The summed E-state index contributed by atoms with van der Waals surface area (Å²) >= 11 is 0. The molecule has 0 spiro atoms. The number of carbonyl (C=O) groups excluding carboxylic acids is 1. The van der Waals surface area contributed by atoms with E-state index in [1.54, 1.807) is 0 Å². The third-order valence-electron chi connectivity index (χ3n) is 3.66. The number of alkyl halides is 4. The Labute approximate surface area is 109 Å². The Morgan fingerprint density at radius 2 is 2.00 bits per heavy atom. The summed E-state index contributed by atoms with van der Waals surface area (Å²) in [5, 5.41) is 3.13. The first-order chi connectivity index (χ1) is 8.93. The van der Waals surface area contributed by atoms with E-state index in [0.717, 1.165) is 24.3 Å². The Kier molecular flexibility index (Phi) is 4.32. The van der Waals surface area contributed by atoms with Gasteiger partial charge in [0.05, 0.1) is 0 Å². The van der Waals surface area contributed by atoms with Gasteiger partial charge < -0.3 is 10.2 Å². The molecule has 3 nitrogen and oxygen atoms in total. The molecule has 1 atom stereocenters. The maximum Gasteiger partial charge on any atom is 0.383 e. The minimum Gasteiger partial charge on any atom is -0.334 e. The van der Waals surface area contributed by atoms with Crippen molar-refractivity contribution in [2.45, 2.75) is 44.1 Å². The van der Waals surface area contributed by atoms with Crippen LogP contribution in [-0.4, -0.2) is 48.8 Å². The van der Waals surface area contributed by atoms with E-state index in [1.807, 2.05) is 0 Å². The largest absolute Gasteiger partial charge is 0.383 e. The summed E-state index contributed by atoms with van der Waals surface area (Å²) in [4.78, 5) is 12.6. The quantitative estimate of drug-likeness (QED) is 0.781. The van der Waals surface area contributed by atoms with Crippen LogP contribution in [0.15, 0.2) is 0 Å². The van der Waals surface area contributed by atoms with E-state index in [2.05, 4.69) is 5.32 Å². The molecule has 1 amide bonds. The molecule has 1 aliphatic carbocycles. The fraction of sp³-hybridized carbons (Fsp3) is 0.917. The van der Waals surface area contributed by atoms with Gasteiger partial charge in [0.2, 0.25) is 0 Å². The molecule has 0 aromatic rings. The van der Waals surface area contributed by atoms with Crippen molar-refractivity contribution >= 4 is 5.91 Å². The van der Waals surface area contributed by atoms with Crippen molar-refractivity contribution in [1.29, 1.82) is 0 Å². The van der Waals surface area contributed by atoms with Gasteiger partial charge in [0.1, 0.15) is 0 Å². The zero-order valence-corrected chi connectivity index (χ0v) is 10.5. The normalized spacial score (nSPS) is 24.6. The molecule has 0 radical (unpaired) electrons. The van der Waals surface area contributed by atoms with Crippen molar-refractivity contribution in [3.63, 3.8) is 0 Å². The average Bonchev–Trinajstić information content (AvgIpc) is 3.20. The van der Waals surface area contributed by atoms with E-state index < -0.39 is 18.3 Å². The molecule has 1 saturated heterocycles. The molecule has 1 unspecified atom stereocenters. The average molecular weight is 282 g/mol. The van der Waals surface area contributed by atoms with Gasteiger partial charge in [-0.3, -0.25) is 4.79 Å². The summed E-state index contributed by atoms with van der Waals surface area (Å²) in [6.45, 7) is 1.68. The van der Waals surface area contributed by atoms with Crippen LogP contribution >= 0.6 is 0 Å². The predicted molar refractivity (Wildman–Crippen MR) is 61.3 cm³/mol. The molecule has 1 aliphatic heterocycles. The molecular weight excluding hydrogens is 264 g/mol. The molecule has 19 heavy (non-hydrogen) atoms. The first-order valence-corrected chi connectivity index (χ1v) is 6.60. The topological polar surface area (TPSA) is 32.3 Å². The van der Waals surface area contributed by atoms with E-state index in [4.69, 9.17) is 0 Å². The van der Waals surface area contributed by atoms with Crippen LogP contribution in [0, 0.1) is 5.92 Å². The maximum absolute atomic E-state index is 13.2. The van der Waals surface area contributed by atoms with Crippen LogP contribution in [0.2, 0.25) is 0 Å². The Bertz CT molecular complexity index is 328. The molecular formula is C12H18F4N2O. The molecule has 0 aromatic heterocycles. The molecule has 1 N–H and O–H groups in total. The predicted octanol–water partition coefficient (Wildman–Crippen LogP) is 1.88. The maximum atomic E-state index is 13.2. The van der Waals surface area contributed by atoms with Crippen LogP contribution in [0.4, 0.5) is 17.6 Å². The van der Waals surface area contributed by atoms with Crippen LogP contribution in [0.5, 0.6) is 0 Å². The zero-order valence-electron chi connectivity index (χ0n) is 10.5. The monoisotopic (exact) mass is 282 g/mol. The van der Waals surface area contributed by atoms with Gasteiger partial charge in [-0.05, 0) is 44.7 Å². The smallest absolute Gasteiger partial charge is 0.334 e. The van der Waals surface area contributed by atoms with Crippen molar-refractivity contribution in [2.75, 3.05) is 19.6 Å². The summed E-state index contributed by atoms with van der Waals surface area (Å²) in [6.07, 6.45) is -0.923. The third-order valence-corrected chi connectivity index (χ3v) is 3.66. The number of nitrogens with zero attached hydrogens (tertiary/aromatic N) is 1. The zero-order chi connectivity index (χ0) is 14.0. The summed E-state index contributed by atoms with van der Waals surface area (Å²) in [7, 11) is 0. The molecule has 1 saturated carbocycles. The Balaban J connectivity index is 2.01. The van der Waals surface area contributed by atoms with Crippen molar-refractivity contribution < 1.29 is 22.4 Å². The highest BCUT2D eigenvalue weighted by atomic mass is 19.3. The highest BCUT2D eigenvalue weighted by molar-refractivity contribution is 5.84. The molecule has 1 heterocycles. The minimum atomic E-state index is -4.56. The van der Waals surface area contributed by atoms with Gasteiger partial charge in [-0.2, -0.15) is 8.78 Å². The number of amides is 1. The van der Waals surface area contributed by atoms with Crippen LogP contribution < -0.4 is 5.32 Å². The number of hydrogen-bond donors (Lipinski definition) is 1. The highest BCUT2D eigenvalue weighted by Gasteiger charge is 2.53. The van der Waals surface area contributed by atoms with E-state index in [0.29, 0.717) is 19.4 Å². The number of rotatable bonds is 5. The van der Waals surface area contributed by atoms with Gasteiger partial charge in [0, 0.05) is 12.6 Å². The third kappa shape index (κ3) is 3.38. The lowest BCUT2D eigenvalue weighted by atomic mass is 9.98. The van der Waals surface area contributed by atoms with Gasteiger partial charge in [-0.25, -0.2) is 8.78 Å². The standard InChI is InChI=1S/C12H18F4N2O/c13-10(14)12(15,16)11(19)18(9-3-4-9)7-8-2-1-5-17-6-8/h8-10,17H,1-7H2. The van der Waals surface area contributed by atoms with Crippen molar-refractivity contribution in [3.05, 3.63) is 0 Å². The van der Waals surface area contributed by atoms with E-state index in [9.17, 15) is 22.4 Å². The first kappa shape index (κ1) is 14.6. The summed E-state index contributed by atoms with van der Waals surface area (Å²) in [6, 6.07) is -0.279. The molecule has 0 aromatic carbocycles. The lowest BCUT2D eigenvalue weighted by molar-refractivity contribution is -0.181. The van der Waals surface area contributed by atoms with Crippen LogP contribution in [0.1, 0.15) is 25.7 Å². The van der Waals surface area contributed by atoms with Gasteiger partial charge in [-0.1, -0.05) is 0 Å². The lowest BCUT2D eigenvalue weighted by Gasteiger charge is -2.32. The van der Waals surface area contributed by atoms with Crippen LogP contribution in [0.25, 0.3) is 0 Å². The lowest BCUT2D eigenvalue weighted by Crippen LogP contribution is -2.51. The first-order valence-electron chi connectivity index (χ1n) is 6.60. The SMILES string of the molecule is O=C(N(CC1CCCNC1)C1CC1)C(F)(F)C(F)F. The fourth-order valence-corrected chi connectivity index (χ4v) is 2.43. The second kappa shape index (κ2) is 5.64. The molecule has 2 fully saturated rings. The number of hydrogen-bond acceptors (Lipinski definition) is 2. The Morgan fingerprint density at radius 1 is 1.32 bits per heavy atom. The van der Waals surface area contributed by atoms with Crippen LogP contribution in [-0.2, 0) is 4.79 Å². The second-order valence-corrected chi connectivity index (χ2v) is 5.32. The minimum absolute atomic E-state index is 0.0757. The highest BCUT2D eigenvalue weighted by Crippen LogP contribution is 2.34. The molecule has 7 heteroatoms. The van der Waals surface area contributed by atoms with Gasteiger partial charge >= 0.3 is 12.3 Å². The Hall–Kier alpha value is -0.850. The number of nitrogens with one attached hydrogen (secondary N) is 1. The number of piperidine rings is 1. The molecule has 110 valence electrons. The van der Waals surface area contributed by atoms with Crippen LogP contribution in [0.3, 0.4) is 0 Å². The van der Waals surface area contributed by atoms with Gasteiger partial charge in [0.15, 0.2) is 0 Å². The van der Waals surface area contributed by atoms with Crippen molar-refractivity contribution in [2.24, 2.45) is 5.92 Å². The fourth-order valence-electron chi connectivity index (χ4n) is 2.43. The van der Waals surface area contributed by atoms with Crippen molar-refractivity contribution in [3.8, 4) is 0 Å². The van der Waals surface area contributed by atoms with Gasteiger partial charge in [-0.15, -0.1) is 0 Å². The second-order valence-electron chi connectivity index (χ2n) is 5.32. The van der Waals surface area contributed by atoms with E-state index in [-0.39, 0.29) is 18.5 Å². The number of halogens is 4. The van der Waals surface area contributed by atoms with Crippen molar-refractivity contribution in [1.82, 2.24) is 10.2 Å². The molecule has 2 aliphatic rings. The summed E-state index contributed by atoms with van der Waals surface area (Å²) < 4.78 is 50.9. The van der Waals surface area contributed by atoms with E-state index >= 15 is 0 Å². The summed E-state index contributed by atoms with van der Waals surface area (Å²) in [5.74, 6) is -6.20.